The van der Waals surface area contributed by atoms with Gasteiger partial charge in [0.05, 0.1) is 48.9 Å². The van der Waals surface area contributed by atoms with Gasteiger partial charge in [0.15, 0.2) is 12.4 Å². The first-order valence-electron chi connectivity index (χ1n) is 43.0. The van der Waals surface area contributed by atoms with E-state index >= 15 is 0 Å². The number of ether oxygens (including phenoxy) is 7. The van der Waals surface area contributed by atoms with E-state index < -0.39 is 89.6 Å². The zero-order chi connectivity index (χ0) is 92.8. The highest BCUT2D eigenvalue weighted by Crippen LogP contribution is 2.50. The molecule has 0 saturated carbocycles. The fraction of sp³-hybridized carbons (Fsp3) is 0.361. The van der Waals surface area contributed by atoms with Crippen molar-refractivity contribution >= 4 is 86.8 Å². The molecular formula is C97H109ClFN14O16S+. The summed E-state index contributed by atoms with van der Waals surface area (Å²) >= 11 is 8.68. The van der Waals surface area contributed by atoms with Gasteiger partial charge in [-0.2, -0.15) is 0 Å². The Labute approximate surface area is 763 Å². The van der Waals surface area contributed by atoms with Crippen molar-refractivity contribution in [2.24, 2.45) is 11.7 Å². The number of terminal acetylenes is 1. The predicted molar refractivity (Wildman–Crippen MR) is 492 cm³/mol. The Balaban J connectivity index is 0.732. The molecule has 30 nitrogen and oxygen atoms in total. The number of para-hydroxylation sites is 2. The van der Waals surface area contributed by atoms with Crippen LogP contribution in [0.4, 0.5) is 29.3 Å². The number of nitrogens with one attached hydrogen (secondary N) is 6. The van der Waals surface area contributed by atoms with Crippen LogP contribution in [0.5, 0.6) is 23.1 Å². The van der Waals surface area contributed by atoms with Gasteiger partial charge in [-0.15, -0.1) is 17.8 Å². The molecule has 10 aromatic rings. The van der Waals surface area contributed by atoms with Gasteiger partial charge in [-0.25, -0.2) is 48.3 Å². The Morgan fingerprint density at radius 2 is 1.41 bits per heavy atom. The number of carboxylic acids is 1. The molecule has 3 aromatic heterocycles. The van der Waals surface area contributed by atoms with Gasteiger partial charge >= 0.3 is 30.3 Å². The molecule has 1 saturated heterocycles. The molecule has 1 fully saturated rings. The van der Waals surface area contributed by atoms with Crippen LogP contribution in [0, 0.1) is 31.0 Å². The highest BCUT2D eigenvalue weighted by molar-refractivity contribution is 7.22. The highest BCUT2D eigenvalue weighted by Gasteiger charge is 2.37. The average molecular weight is 1810 g/mol. The molecule has 0 spiro atoms. The van der Waals surface area contributed by atoms with Crippen LogP contribution in [0.1, 0.15) is 112 Å². The van der Waals surface area contributed by atoms with E-state index in [1.807, 2.05) is 79.7 Å². The Morgan fingerprint density at radius 1 is 0.731 bits per heavy atom. The lowest BCUT2D eigenvalue weighted by atomic mass is 9.96. The first-order valence-corrected chi connectivity index (χ1v) is 44.2. The number of anilines is 1. The van der Waals surface area contributed by atoms with Crippen LogP contribution in [0.3, 0.4) is 0 Å². The number of hydrogen-bond donors (Lipinski definition) is 8. The number of nitrogens with two attached hydrogens (primary N) is 1. The summed E-state index contributed by atoms with van der Waals surface area (Å²) in [6.45, 7) is 14.6. The molecule has 9 N–H and O–H groups in total. The van der Waals surface area contributed by atoms with Gasteiger partial charge in [0, 0.05) is 86.5 Å². The molecule has 33 heteroatoms. The number of halogens is 2. The predicted octanol–water partition coefficient (Wildman–Crippen LogP) is 14.4. The minimum absolute atomic E-state index is 0.000805. The summed E-state index contributed by atoms with van der Waals surface area (Å²) in [5.74, 6) is -0.454. The van der Waals surface area contributed by atoms with Crippen molar-refractivity contribution in [3.63, 3.8) is 0 Å². The summed E-state index contributed by atoms with van der Waals surface area (Å²) in [5.41, 5.74) is 15.2. The van der Waals surface area contributed by atoms with E-state index in [-0.39, 0.29) is 83.5 Å². The van der Waals surface area contributed by atoms with Crippen molar-refractivity contribution in [1.29, 1.82) is 0 Å². The Kier molecular flexibility index (Phi) is 32.7. The first kappa shape index (κ1) is 95.6. The van der Waals surface area contributed by atoms with Crippen LogP contribution in [0.2, 0.25) is 5.02 Å². The first-order chi connectivity index (χ1) is 62.4. The molecule has 130 heavy (non-hydrogen) atoms. The molecule has 4 atom stereocenters. The number of rotatable bonds is 40. The van der Waals surface area contributed by atoms with E-state index in [4.69, 9.17) is 61.9 Å². The van der Waals surface area contributed by atoms with Gasteiger partial charge in [-0.1, -0.05) is 134 Å². The number of nitrogens with zero attached hydrogens (tertiary/aromatic N) is 7. The molecule has 0 radical (unpaired) electrons. The summed E-state index contributed by atoms with van der Waals surface area (Å²) in [7, 11) is 5.40. The molecule has 2 aliphatic rings. The number of likely N-dealkylation sites (N-methyl/N-ethyl adjacent to an activating group) is 1. The average Bonchev–Trinajstić information content (AvgIpc) is 1.56. The van der Waals surface area contributed by atoms with E-state index in [2.05, 4.69) is 76.9 Å². The SMILES string of the molecule is C#CCOC(=O)N[C@@H](CCCCNC(=O)OC(C)(C)C)C(=O)N[C@H](C(=O)N[C@@H](CCCNC(N)=O)C(=O)Nc1ccc(C[N+]2(C)CCN(CCOc3ccc(-c4c(-c5ccc(F)cc5)sc5ncnc(O[C@H](Cc6ccccc6OCc6ccnc(-c7ccccc7OC)n6)C(=O)O)c45)c(C)c3Cl)CC2)c(CN(C)C(=O)OCC2c3ccccc3-c3ccccc32)c1)C(C)C. The lowest BCUT2D eigenvalue weighted by Crippen LogP contribution is -2.57. The van der Waals surface area contributed by atoms with E-state index in [0.29, 0.717) is 150 Å². The van der Waals surface area contributed by atoms with Crippen LogP contribution >= 0.6 is 22.9 Å². The highest BCUT2D eigenvalue weighted by atomic mass is 35.5. The third kappa shape index (κ3) is 25.3. The molecule has 1 aliphatic carbocycles. The maximum atomic E-state index is 14.8. The molecule has 0 bridgehead atoms. The van der Waals surface area contributed by atoms with Gasteiger partial charge in [0.1, 0.15) is 84.3 Å². The number of amides is 8. The van der Waals surface area contributed by atoms with Crippen molar-refractivity contribution in [3.8, 4) is 79.6 Å². The number of benzene rings is 7. The number of carbonyl (C=O) groups excluding carboxylic acids is 7. The quantitative estimate of drug-likeness (QED) is 0.00765. The third-order valence-corrected chi connectivity index (χ3v) is 24.1. The van der Waals surface area contributed by atoms with Crippen LogP contribution in [-0.4, -0.2) is 204 Å². The normalized spacial score (nSPS) is 13.8. The fourth-order valence-electron chi connectivity index (χ4n) is 15.7. The lowest BCUT2D eigenvalue weighted by Gasteiger charge is -2.42. The Bertz CT molecular complexity index is 5720. The number of alkyl carbamates (subject to hydrolysis) is 2. The monoisotopic (exact) mass is 1810 g/mol. The number of carbonyl (C=O) groups is 8. The molecule has 1 aliphatic heterocycles. The number of aliphatic carboxylic acids is 1. The van der Waals surface area contributed by atoms with Crippen molar-refractivity contribution in [3.05, 3.63) is 220 Å². The summed E-state index contributed by atoms with van der Waals surface area (Å²) in [4.78, 5) is 132. The molecule has 12 rings (SSSR count). The number of carboxylic acid groups (broad SMARTS) is 1. The lowest BCUT2D eigenvalue weighted by molar-refractivity contribution is -0.926. The fourth-order valence-corrected chi connectivity index (χ4v) is 17.1. The number of unbranched alkanes of at least 4 members (excludes halogenated alkanes) is 1. The number of piperazine rings is 1. The Morgan fingerprint density at radius 3 is 2.10 bits per heavy atom. The van der Waals surface area contributed by atoms with Crippen LogP contribution < -0.4 is 56.6 Å². The number of methoxy groups -OCH3 is 1. The maximum absolute atomic E-state index is 14.8. The summed E-state index contributed by atoms with van der Waals surface area (Å²) in [6, 6.07) is 43.1. The smallest absolute Gasteiger partial charge is 0.409 e. The second-order valence-corrected chi connectivity index (χ2v) is 34.9. The minimum Gasteiger partial charge on any atom is -0.496 e. The summed E-state index contributed by atoms with van der Waals surface area (Å²) in [6.07, 6.45) is 5.47. The molecule has 7 aromatic carbocycles. The van der Waals surface area contributed by atoms with E-state index in [1.165, 1.54) is 34.7 Å². The topological polar surface area (TPSA) is 378 Å². The van der Waals surface area contributed by atoms with Crippen molar-refractivity contribution < 1.29 is 85.5 Å². The Hall–Kier alpha value is -13.5. The van der Waals surface area contributed by atoms with Crippen molar-refractivity contribution in [1.82, 2.24) is 56.3 Å². The number of hydrogen-bond acceptors (Lipinski definition) is 21. The number of fused-ring (bicyclic) bond motifs is 4. The second-order valence-electron chi connectivity index (χ2n) is 33.5. The molecule has 0 unspecified atom stereocenters. The van der Waals surface area contributed by atoms with Crippen LogP contribution in [0.15, 0.2) is 170 Å². The molecule has 8 amide bonds. The second kappa shape index (κ2) is 44.5. The largest absolute Gasteiger partial charge is 0.496 e. The number of aromatic nitrogens is 4. The van der Waals surface area contributed by atoms with E-state index in [0.717, 1.165) is 27.8 Å². The van der Waals surface area contributed by atoms with Crippen LogP contribution in [0.25, 0.3) is 54.3 Å². The zero-order valence-corrected chi connectivity index (χ0v) is 75.7. The van der Waals surface area contributed by atoms with Gasteiger partial charge in [-0.05, 0) is 170 Å². The minimum atomic E-state index is -1.48. The summed E-state index contributed by atoms with van der Waals surface area (Å²) < 4.78 is 56.7. The number of thiophene rings is 1. The van der Waals surface area contributed by atoms with E-state index in [9.17, 15) is 47.9 Å². The molecule has 682 valence electrons. The van der Waals surface area contributed by atoms with Crippen molar-refractivity contribution in [2.75, 3.05) is 92.2 Å². The third-order valence-electron chi connectivity index (χ3n) is 22.5. The number of urea groups is 1. The molecule has 4 heterocycles. The maximum Gasteiger partial charge on any atom is 0.409 e. The van der Waals surface area contributed by atoms with Crippen molar-refractivity contribution in [2.45, 2.75) is 136 Å². The van der Waals surface area contributed by atoms with E-state index in [1.54, 1.807) is 116 Å². The number of primary amides is 1. The van der Waals surface area contributed by atoms with Gasteiger partial charge in [0.2, 0.25) is 29.7 Å². The van der Waals surface area contributed by atoms with Crippen LogP contribution in [-0.2, 0) is 59.5 Å². The van der Waals surface area contributed by atoms with Gasteiger partial charge < -0.3 is 85.3 Å². The molecular weight excluding hydrogens is 1700 g/mol. The van der Waals surface area contributed by atoms with Gasteiger partial charge in [-0.3, -0.25) is 19.3 Å². The zero-order valence-electron chi connectivity index (χ0n) is 74.1. The van der Waals surface area contributed by atoms with Gasteiger partial charge in [0.25, 0.3) is 0 Å². The number of quaternary nitrogens is 1. The standard InChI is InChI=1S/C97H108ClFN14O16S/c1-11-50-125-95(121)109-76(29-20-21-42-103-94(120)129-97(5,6)7)88(115)110-84(59(2)3)89(116)108-75(30-22-43-102-93(100)119)87(114)107-66-38-35-63(64(52-66)54-111(8)96(122)127-57-74-71-26-15-13-24-69(71)70-25-14-16-27-72(70)74)55-113(9)48-45-112(46-49-113)47-51-124-79-40-39-68(60(4)83(79)98)81-82-90(104-58-105-91(82)130-85(81)61-33-36-65(99)37-34-61)128-80(92(117)118)53-62-23-12-18-31-77(62)126-56-67-41-44-101-86(106-67)73-28-17-19-32-78(73)123-10/h1,12-19,23-28,31-41,44,52,58-59,74-76,80,84H,20-22,29-30,42-43,45-51,53-57H2,2-10H3,(H8-,100,102,103,107,108,109,110,114,115,116,117,118,119,120,121)/p+1/t75-,76-,80+,84-/m0/s1. The summed E-state index contributed by atoms with van der Waals surface area (Å²) in [5, 5.41) is 28.0.